The Hall–Kier alpha value is -2.08. The summed E-state index contributed by atoms with van der Waals surface area (Å²) in [7, 11) is 0. The minimum absolute atomic E-state index is 0.956. The molecule has 0 aliphatic rings. The predicted molar refractivity (Wildman–Crippen MR) is 71.1 cm³/mol. The van der Waals surface area contributed by atoms with Gasteiger partial charge in [0.15, 0.2) is 0 Å². The standard InChI is InChI=1S/C16H14/c1-3-13(2)15-10-7-11-16(12-15)14-8-5-4-6-9-14/h3-12H,1-2H2. The lowest BCUT2D eigenvalue weighted by molar-refractivity contribution is 1.58. The zero-order chi connectivity index (χ0) is 11.4. The number of rotatable bonds is 3. The minimum Gasteiger partial charge on any atom is -0.0985 e. The van der Waals surface area contributed by atoms with E-state index in [1.165, 1.54) is 11.1 Å². The normalized spacial score (nSPS) is 9.75. The van der Waals surface area contributed by atoms with Crippen LogP contribution in [0, 0.1) is 0 Å². The first-order valence-electron chi connectivity index (χ1n) is 5.28. The molecule has 0 amide bonds. The first-order valence-corrected chi connectivity index (χ1v) is 5.28. The first kappa shape index (κ1) is 10.4. The van der Waals surface area contributed by atoms with Crippen LogP contribution < -0.4 is 0 Å². The monoisotopic (exact) mass is 206 g/mol. The van der Waals surface area contributed by atoms with E-state index in [1.807, 2.05) is 24.3 Å². The Bertz CT molecular complexity index is 507. The smallest absolute Gasteiger partial charge is 0.0178 e. The van der Waals surface area contributed by atoms with Crippen LogP contribution in [-0.4, -0.2) is 0 Å². The summed E-state index contributed by atoms with van der Waals surface area (Å²) in [6.07, 6.45) is 1.78. The van der Waals surface area contributed by atoms with Gasteiger partial charge in [0, 0.05) is 0 Å². The van der Waals surface area contributed by atoms with Gasteiger partial charge < -0.3 is 0 Å². The Morgan fingerprint density at radius 3 is 2.25 bits per heavy atom. The van der Waals surface area contributed by atoms with Gasteiger partial charge in [-0.2, -0.15) is 0 Å². The lowest BCUT2D eigenvalue weighted by Gasteiger charge is -2.05. The topological polar surface area (TPSA) is 0 Å². The molecular formula is C16H14. The Kier molecular flexibility index (Phi) is 3.02. The van der Waals surface area contributed by atoms with Gasteiger partial charge in [-0.1, -0.05) is 67.8 Å². The van der Waals surface area contributed by atoms with Crippen molar-refractivity contribution in [3.63, 3.8) is 0 Å². The highest BCUT2D eigenvalue weighted by molar-refractivity contribution is 5.75. The van der Waals surface area contributed by atoms with Crippen molar-refractivity contribution in [1.82, 2.24) is 0 Å². The van der Waals surface area contributed by atoms with E-state index in [-0.39, 0.29) is 0 Å². The number of benzene rings is 2. The van der Waals surface area contributed by atoms with E-state index in [9.17, 15) is 0 Å². The molecule has 0 aromatic heterocycles. The lowest BCUT2D eigenvalue weighted by Crippen LogP contribution is -1.81. The Morgan fingerprint density at radius 1 is 0.875 bits per heavy atom. The molecule has 0 fully saturated rings. The van der Waals surface area contributed by atoms with Crippen LogP contribution in [0.2, 0.25) is 0 Å². The molecular weight excluding hydrogens is 192 g/mol. The van der Waals surface area contributed by atoms with Gasteiger partial charge in [-0.15, -0.1) is 0 Å². The summed E-state index contributed by atoms with van der Waals surface area (Å²) in [4.78, 5) is 0. The average molecular weight is 206 g/mol. The summed E-state index contributed by atoms with van der Waals surface area (Å²) in [6.45, 7) is 7.70. The maximum absolute atomic E-state index is 3.96. The quantitative estimate of drug-likeness (QED) is 0.646. The van der Waals surface area contributed by atoms with E-state index in [0.29, 0.717) is 0 Å². The molecule has 0 nitrogen and oxygen atoms in total. The van der Waals surface area contributed by atoms with E-state index in [4.69, 9.17) is 0 Å². The lowest BCUT2D eigenvalue weighted by atomic mass is 10.00. The fourth-order valence-corrected chi connectivity index (χ4v) is 1.65. The summed E-state index contributed by atoms with van der Waals surface area (Å²) in [5.74, 6) is 0. The molecule has 2 rings (SSSR count). The molecule has 0 atom stereocenters. The Labute approximate surface area is 96.6 Å². The third-order valence-electron chi connectivity index (χ3n) is 2.59. The molecule has 0 spiro atoms. The molecule has 0 saturated carbocycles. The van der Waals surface area contributed by atoms with Gasteiger partial charge in [0.1, 0.15) is 0 Å². The Balaban J connectivity index is 2.44. The van der Waals surface area contributed by atoms with Crippen molar-refractivity contribution in [1.29, 1.82) is 0 Å². The summed E-state index contributed by atoms with van der Waals surface area (Å²) < 4.78 is 0. The zero-order valence-electron chi connectivity index (χ0n) is 9.19. The minimum atomic E-state index is 0.956. The molecule has 0 N–H and O–H groups in total. The van der Waals surface area contributed by atoms with Crippen LogP contribution in [0.5, 0.6) is 0 Å². The summed E-state index contributed by atoms with van der Waals surface area (Å²) >= 11 is 0. The number of hydrogen-bond donors (Lipinski definition) is 0. The van der Waals surface area contributed by atoms with Crippen LogP contribution in [0.3, 0.4) is 0 Å². The summed E-state index contributed by atoms with van der Waals surface area (Å²) in [5, 5.41) is 0. The van der Waals surface area contributed by atoms with Gasteiger partial charge in [-0.05, 0) is 28.3 Å². The van der Waals surface area contributed by atoms with Gasteiger partial charge in [0.05, 0.1) is 0 Å². The van der Waals surface area contributed by atoms with E-state index in [2.05, 4.69) is 43.5 Å². The summed E-state index contributed by atoms with van der Waals surface area (Å²) in [6, 6.07) is 18.7. The van der Waals surface area contributed by atoms with Crippen molar-refractivity contribution >= 4 is 5.57 Å². The van der Waals surface area contributed by atoms with Crippen LogP contribution >= 0.6 is 0 Å². The molecule has 0 radical (unpaired) electrons. The third kappa shape index (κ3) is 2.12. The van der Waals surface area contributed by atoms with E-state index >= 15 is 0 Å². The maximum Gasteiger partial charge on any atom is -0.0178 e. The second-order valence-corrected chi connectivity index (χ2v) is 3.68. The number of hydrogen-bond acceptors (Lipinski definition) is 0. The molecule has 0 saturated heterocycles. The van der Waals surface area contributed by atoms with Gasteiger partial charge in [-0.3, -0.25) is 0 Å². The highest BCUT2D eigenvalue weighted by Crippen LogP contribution is 2.23. The largest absolute Gasteiger partial charge is 0.0985 e. The average Bonchev–Trinajstić information content (AvgIpc) is 2.39. The van der Waals surface area contributed by atoms with Crippen molar-refractivity contribution in [3.05, 3.63) is 79.4 Å². The van der Waals surface area contributed by atoms with Crippen LogP contribution in [0.25, 0.3) is 16.7 Å². The van der Waals surface area contributed by atoms with Crippen molar-refractivity contribution in [3.8, 4) is 11.1 Å². The van der Waals surface area contributed by atoms with Crippen LogP contribution in [0.4, 0.5) is 0 Å². The SMILES string of the molecule is C=CC(=C)c1cccc(-c2ccccc2)c1. The molecule has 2 aromatic carbocycles. The first-order chi connectivity index (χ1) is 7.81. The second-order valence-electron chi connectivity index (χ2n) is 3.68. The molecule has 0 bridgehead atoms. The molecule has 0 unspecified atom stereocenters. The van der Waals surface area contributed by atoms with Crippen molar-refractivity contribution in [2.75, 3.05) is 0 Å². The highest BCUT2D eigenvalue weighted by atomic mass is 14.0. The predicted octanol–water partition coefficient (Wildman–Crippen LogP) is 4.55. The molecule has 78 valence electrons. The van der Waals surface area contributed by atoms with Crippen molar-refractivity contribution in [2.24, 2.45) is 0 Å². The molecule has 0 aliphatic heterocycles. The third-order valence-corrected chi connectivity index (χ3v) is 2.59. The van der Waals surface area contributed by atoms with Crippen molar-refractivity contribution < 1.29 is 0 Å². The van der Waals surface area contributed by atoms with E-state index in [0.717, 1.165) is 11.1 Å². The van der Waals surface area contributed by atoms with Gasteiger partial charge in [-0.25, -0.2) is 0 Å². The molecule has 0 aliphatic carbocycles. The molecule has 0 heterocycles. The van der Waals surface area contributed by atoms with Crippen LogP contribution in [0.15, 0.2) is 73.8 Å². The fraction of sp³-hybridized carbons (Fsp3) is 0. The van der Waals surface area contributed by atoms with E-state index in [1.54, 1.807) is 6.08 Å². The van der Waals surface area contributed by atoms with Gasteiger partial charge in [0.25, 0.3) is 0 Å². The fourth-order valence-electron chi connectivity index (χ4n) is 1.65. The van der Waals surface area contributed by atoms with Crippen LogP contribution in [-0.2, 0) is 0 Å². The second kappa shape index (κ2) is 4.63. The molecule has 16 heavy (non-hydrogen) atoms. The highest BCUT2D eigenvalue weighted by Gasteiger charge is 1.99. The Morgan fingerprint density at radius 2 is 1.56 bits per heavy atom. The molecule has 2 aromatic rings. The van der Waals surface area contributed by atoms with E-state index < -0.39 is 0 Å². The maximum atomic E-state index is 3.96. The number of allylic oxidation sites excluding steroid dienone is 2. The van der Waals surface area contributed by atoms with Gasteiger partial charge in [0.2, 0.25) is 0 Å². The zero-order valence-corrected chi connectivity index (χ0v) is 9.19. The summed E-state index contributed by atoms with van der Waals surface area (Å²) in [5.41, 5.74) is 4.51. The van der Waals surface area contributed by atoms with Gasteiger partial charge >= 0.3 is 0 Å². The van der Waals surface area contributed by atoms with Crippen molar-refractivity contribution in [2.45, 2.75) is 0 Å². The molecule has 0 heteroatoms. The van der Waals surface area contributed by atoms with Crippen LogP contribution in [0.1, 0.15) is 5.56 Å².